The molecule has 0 atom stereocenters. The predicted molar refractivity (Wildman–Crippen MR) is 84.6 cm³/mol. The van der Waals surface area contributed by atoms with Gasteiger partial charge in [-0.2, -0.15) is 11.8 Å². The van der Waals surface area contributed by atoms with Gasteiger partial charge in [-0.15, -0.1) is 0 Å². The SMILES string of the molecule is CCSCCCNS(=O)(=O)c1cc(Br)ccc1Br. The largest absolute Gasteiger partial charge is 0.241 e. The van der Waals surface area contributed by atoms with E-state index in [1.807, 2.05) is 11.8 Å². The molecule has 0 radical (unpaired) electrons. The Kier molecular flexibility index (Phi) is 7.23. The summed E-state index contributed by atoms with van der Waals surface area (Å²) in [6.07, 6.45) is 0.837. The second kappa shape index (κ2) is 7.89. The second-order valence-corrected chi connectivity index (χ2v) is 8.42. The van der Waals surface area contributed by atoms with E-state index in [4.69, 9.17) is 0 Å². The molecule has 3 nitrogen and oxygen atoms in total. The summed E-state index contributed by atoms with van der Waals surface area (Å²) in [5.41, 5.74) is 0. The molecule has 1 rings (SSSR count). The number of hydrogen-bond donors (Lipinski definition) is 1. The molecule has 0 fully saturated rings. The fraction of sp³-hybridized carbons (Fsp3) is 0.455. The molecule has 1 N–H and O–H groups in total. The fourth-order valence-electron chi connectivity index (χ4n) is 1.29. The van der Waals surface area contributed by atoms with Crippen molar-refractivity contribution in [2.24, 2.45) is 0 Å². The third-order valence-corrected chi connectivity index (χ3v) is 6.08. The average molecular weight is 417 g/mol. The zero-order valence-electron chi connectivity index (χ0n) is 9.95. The molecule has 1 aromatic carbocycles. The van der Waals surface area contributed by atoms with Crippen LogP contribution in [0.15, 0.2) is 32.0 Å². The molecule has 102 valence electrons. The van der Waals surface area contributed by atoms with Gasteiger partial charge in [0.05, 0.1) is 4.90 Å². The van der Waals surface area contributed by atoms with Crippen molar-refractivity contribution in [3.8, 4) is 0 Å². The first kappa shape index (κ1) is 16.5. The first-order valence-electron chi connectivity index (χ1n) is 5.50. The zero-order chi connectivity index (χ0) is 13.6. The Balaban J connectivity index is 2.66. The Morgan fingerprint density at radius 2 is 2.06 bits per heavy atom. The molecule has 0 amide bonds. The maximum Gasteiger partial charge on any atom is 0.241 e. The van der Waals surface area contributed by atoms with E-state index >= 15 is 0 Å². The lowest BCUT2D eigenvalue weighted by Crippen LogP contribution is -2.25. The third-order valence-electron chi connectivity index (χ3n) is 2.14. The van der Waals surface area contributed by atoms with E-state index in [9.17, 15) is 8.42 Å². The van der Waals surface area contributed by atoms with Crippen LogP contribution in [0.25, 0.3) is 0 Å². The van der Waals surface area contributed by atoms with Crippen molar-refractivity contribution in [3.63, 3.8) is 0 Å². The van der Waals surface area contributed by atoms with E-state index < -0.39 is 10.0 Å². The molecule has 1 aromatic rings. The molecular weight excluding hydrogens is 402 g/mol. The number of sulfonamides is 1. The van der Waals surface area contributed by atoms with E-state index in [0.29, 0.717) is 11.0 Å². The maximum atomic E-state index is 12.1. The molecule has 0 aliphatic heterocycles. The first-order chi connectivity index (χ1) is 8.47. The standard InChI is InChI=1S/C11H15Br2NO2S2/c1-2-17-7-3-6-14-18(15,16)11-8-9(12)4-5-10(11)13/h4-5,8,14H,2-3,6-7H2,1H3. The van der Waals surface area contributed by atoms with Gasteiger partial charge in [-0.1, -0.05) is 22.9 Å². The third kappa shape index (κ3) is 5.21. The van der Waals surface area contributed by atoms with E-state index in [1.54, 1.807) is 18.2 Å². The summed E-state index contributed by atoms with van der Waals surface area (Å²) >= 11 is 8.34. The van der Waals surface area contributed by atoms with Crippen LogP contribution in [0.4, 0.5) is 0 Å². The first-order valence-corrected chi connectivity index (χ1v) is 9.72. The normalized spacial score (nSPS) is 11.7. The average Bonchev–Trinajstić information content (AvgIpc) is 2.32. The summed E-state index contributed by atoms with van der Waals surface area (Å²) in [5.74, 6) is 2.03. The van der Waals surface area contributed by atoms with Gasteiger partial charge in [-0.05, 0) is 52.1 Å². The summed E-state index contributed by atoms with van der Waals surface area (Å²) in [4.78, 5) is 0.264. The molecule has 0 aliphatic rings. The smallest absolute Gasteiger partial charge is 0.211 e. The molecule has 0 aromatic heterocycles. The van der Waals surface area contributed by atoms with Gasteiger partial charge in [-0.25, -0.2) is 13.1 Å². The topological polar surface area (TPSA) is 46.2 Å². The van der Waals surface area contributed by atoms with Crippen molar-refractivity contribution >= 4 is 53.6 Å². The van der Waals surface area contributed by atoms with Crippen LogP contribution >= 0.6 is 43.6 Å². The van der Waals surface area contributed by atoms with Gasteiger partial charge in [0.2, 0.25) is 10.0 Å². The molecule has 0 saturated carbocycles. The molecule has 0 saturated heterocycles. The van der Waals surface area contributed by atoms with Crippen molar-refractivity contribution in [3.05, 3.63) is 27.1 Å². The van der Waals surface area contributed by atoms with Crippen LogP contribution in [-0.4, -0.2) is 26.5 Å². The molecule has 7 heteroatoms. The van der Waals surface area contributed by atoms with Crippen LogP contribution in [0.2, 0.25) is 0 Å². The summed E-state index contributed by atoms with van der Waals surface area (Å²) in [6, 6.07) is 5.10. The van der Waals surface area contributed by atoms with Crippen LogP contribution in [0.3, 0.4) is 0 Å². The molecule has 0 aliphatic carbocycles. The minimum Gasteiger partial charge on any atom is -0.211 e. The number of halogens is 2. The minimum atomic E-state index is -3.44. The predicted octanol–water partition coefficient (Wildman–Crippen LogP) is 3.63. The lowest BCUT2D eigenvalue weighted by molar-refractivity contribution is 0.580. The highest BCUT2D eigenvalue weighted by molar-refractivity contribution is 9.11. The van der Waals surface area contributed by atoms with Gasteiger partial charge < -0.3 is 0 Å². The van der Waals surface area contributed by atoms with Crippen LogP contribution in [0.5, 0.6) is 0 Å². The van der Waals surface area contributed by atoms with Gasteiger partial charge >= 0.3 is 0 Å². The fourth-order valence-corrected chi connectivity index (χ4v) is 4.50. The highest BCUT2D eigenvalue weighted by Gasteiger charge is 2.17. The highest BCUT2D eigenvalue weighted by atomic mass is 79.9. The van der Waals surface area contributed by atoms with Crippen molar-refractivity contribution in [1.82, 2.24) is 4.72 Å². The number of nitrogens with one attached hydrogen (secondary N) is 1. The molecule has 0 bridgehead atoms. The number of thioether (sulfide) groups is 1. The van der Waals surface area contributed by atoms with Gasteiger partial charge in [0.25, 0.3) is 0 Å². The molecule has 18 heavy (non-hydrogen) atoms. The molecule has 0 unspecified atom stereocenters. The number of hydrogen-bond acceptors (Lipinski definition) is 3. The monoisotopic (exact) mass is 415 g/mol. The lowest BCUT2D eigenvalue weighted by Gasteiger charge is -2.08. The van der Waals surface area contributed by atoms with E-state index in [1.165, 1.54) is 0 Å². The number of rotatable bonds is 7. The Labute approximate surface area is 129 Å². The van der Waals surface area contributed by atoms with Crippen LogP contribution in [-0.2, 0) is 10.0 Å². The van der Waals surface area contributed by atoms with Crippen molar-refractivity contribution in [2.45, 2.75) is 18.2 Å². The highest BCUT2D eigenvalue weighted by Crippen LogP contribution is 2.25. The lowest BCUT2D eigenvalue weighted by atomic mass is 10.4. The van der Waals surface area contributed by atoms with Gasteiger partial charge in [-0.3, -0.25) is 0 Å². The summed E-state index contributed by atoms with van der Waals surface area (Å²) in [6.45, 7) is 2.56. The molecule has 0 heterocycles. The van der Waals surface area contributed by atoms with Crippen molar-refractivity contribution in [1.29, 1.82) is 0 Å². The Hall–Kier alpha value is 0.440. The van der Waals surface area contributed by atoms with Crippen molar-refractivity contribution < 1.29 is 8.42 Å². The Morgan fingerprint density at radius 1 is 1.33 bits per heavy atom. The zero-order valence-corrected chi connectivity index (χ0v) is 14.8. The van der Waals surface area contributed by atoms with Gasteiger partial charge in [0, 0.05) is 15.5 Å². The van der Waals surface area contributed by atoms with E-state index in [-0.39, 0.29) is 4.90 Å². The second-order valence-electron chi connectivity index (χ2n) is 3.52. The van der Waals surface area contributed by atoms with Crippen LogP contribution < -0.4 is 4.72 Å². The van der Waals surface area contributed by atoms with Crippen LogP contribution in [0, 0.1) is 0 Å². The maximum absolute atomic E-state index is 12.1. The Bertz CT molecular complexity index is 492. The van der Waals surface area contributed by atoms with E-state index in [0.717, 1.165) is 22.4 Å². The number of benzene rings is 1. The summed E-state index contributed by atoms with van der Waals surface area (Å²) < 4.78 is 28.1. The minimum absolute atomic E-state index is 0.264. The Morgan fingerprint density at radius 3 is 2.72 bits per heavy atom. The van der Waals surface area contributed by atoms with Gasteiger partial charge in [0.15, 0.2) is 0 Å². The molecular formula is C11H15Br2NO2S2. The summed E-state index contributed by atoms with van der Waals surface area (Å²) in [5, 5.41) is 0. The molecule has 0 spiro atoms. The van der Waals surface area contributed by atoms with Gasteiger partial charge in [0.1, 0.15) is 0 Å². The van der Waals surface area contributed by atoms with Crippen molar-refractivity contribution in [2.75, 3.05) is 18.1 Å². The van der Waals surface area contributed by atoms with Crippen LogP contribution in [0.1, 0.15) is 13.3 Å². The summed E-state index contributed by atoms with van der Waals surface area (Å²) in [7, 11) is -3.44. The van der Waals surface area contributed by atoms with E-state index in [2.05, 4.69) is 43.5 Å². The quantitative estimate of drug-likeness (QED) is 0.690.